The Morgan fingerprint density at radius 1 is 0.773 bits per heavy atom. The highest BCUT2D eigenvalue weighted by Gasteiger charge is 2.36. The van der Waals surface area contributed by atoms with E-state index < -0.39 is 29.2 Å². The molecule has 0 fully saturated rings. The standard InChI is InChI=1S/C15H7F6N/c1-22-13-7-6-9(8-12(13)15(19,20)21)10-4-2-3-5-11(10)14(16,17)18/h2-8H. The Morgan fingerprint density at radius 2 is 1.36 bits per heavy atom. The maximum absolute atomic E-state index is 12.9. The number of nitrogens with zero attached hydrogens (tertiary/aromatic N) is 1. The third-order valence-corrected chi connectivity index (χ3v) is 2.97. The SMILES string of the molecule is [C-]#[N+]c1ccc(-c2ccccc2C(F)(F)F)cc1C(F)(F)F. The maximum atomic E-state index is 12.9. The Labute approximate surface area is 121 Å². The van der Waals surface area contributed by atoms with Gasteiger partial charge in [0.1, 0.15) is 0 Å². The molecule has 0 aliphatic heterocycles. The van der Waals surface area contributed by atoms with Crippen LogP contribution in [0.3, 0.4) is 0 Å². The highest BCUT2D eigenvalue weighted by atomic mass is 19.4. The van der Waals surface area contributed by atoms with Crippen LogP contribution in [-0.2, 0) is 12.4 Å². The number of benzene rings is 2. The van der Waals surface area contributed by atoms with Gasteiger partial charge in [0.15, 0.2) is 5.69 Å². The number of rotatable bonds is 1. The van der Waals surface area contributed by atoms with Crippen molar-refractivity contribution in [1.29, 1.82) is 0 Å². The van der Waals surface area contributed by atoms with E-state index >= 15 is 0 Å². The first-order valence-electron chi connectivity index (χ1n) is 5.90. The van der Waals surface area contributed by atoms with Gasteiger partial charge in [0.2, 0.25) is 0 Å². The number of halogens is 6. The van der Waals surface area contributed by atoms with Crippen LogP contribution in [0.2, 0.25) is 0 Å². The highest BCUT2D eigenvalue weighted by Crippen LogP contribution is 2.41. The molecule has 0 atom stereocenters. The van der Waals surface area contributed by atoms with Crippen LogP contribution in [0.4, 0.5) is 32.0 Å². The predicted molar refractivity (Wildman–Crippen MR) is 68.1 cm³/mol. The van der Waals surface area contributed by atoms with Crippen LogP contribution in [0.25, 0.3) is 16.0 Å². The van der Waals surface area contributed by atoms with Crippen molar-refractivity contribution in [2.45, 2.75) is 12.4 Å². The smallest absolute Gasteiger partial charge is 0.238 e. The normalized spacial score (nSPS) is 12.0. The van der Waals surface area contributed by atoms with Gasteiger partial charge < -0.3 is 0 Å². The fraction of sp³-hybridized carbons (Fsp3) is 0.133. The Morgan fingerprint density at radius 3 is 1.91 bits per heavy atom. The molecule has 1 nitrogen and oxygen atoms in total. The molecule has 0 spiro atoms. The number of hydrogen-bond acceptors (Lipinski definition) is 0. The molecule has 0 heterocycles. The first-order chi connectivity index (χ1) is 10.1. The van der Waals surface area contributed by atoms with Crippen molar-refractivity contribution >= 4 is 5.69 Å². The van der Waals surface area contributed by atoms with E-state index in [4.69, 9.17) is 6.57 Å². The molecule has 0 amide bonds. The lowest BCUT2D eigenvalue weighted by Gasteiger charge is -2.15. The molecule has 2 rings (SSSR count). The first kappa shape index (κ1) is 15.9. The molecule has 0 bridgehead atoms. The molecule has 0 aliphatic rings. The number of alkyl halides is 6. The van der Waals surface area contributed by atoms with E-state index in [1.165, 1.54) is 6.07 Å². The summed E-state index contributed by atoms with van der Waals surface area (Å²) >= 11 is 0. The van der Waals surface area contributed by atoms with Crippen LogP contribution in [0.15, 0.2) is 42.5 Å². The minimum Gasteiger partial charge on any atom is -0.238 e. The minimum atomic E-state index is -4.82. The molecule has 114 valence electrons. The molecule has 0 unspecified atom stereocenters. The van der Waals surface area contributed by atoms with Gasteiger partial charge in [0.05, 0.1) is 17.7 Å². The van der Waals surface area contributed by atoms with Crippen LogP contribution < -0.4 is 0 Å². The summed E-state index contributed by atoms with van der Waals surface area (Å²) in [6.45, 7) is 6.73. The Kier molecular flexibility index (Phi) is 3.88. The Bertz CT molecular complexity index is 737. The molecule has 7 heteroatoms. The largest absolute Gasteiger partial charge is 0.417 e. The summed E-state index contributed by atoms with van der Waals surface area (Å²) in [6, 6.07) is 6.87. The van der Waals surface area contributed by atoms with E-state index in [1.54, 1.807) is 0 Å². The average Bonchev–Trinajstić information content (AvgIpc) is 2.45. The lowest BCUT2D eigenvalue weighted by atomic mass is 9.97. The van der Waals surface area contributed by atoms with Gasteiger partial charge in [-0.1, -0.05) is 36.4 Å². The molecule has 0 radical (unpaired) electrons. The monoisotopic (exact) mass is 315 g/mol. The lowest BCUT2D eigenvalue weighted by molar-refractivity contribution is -0.137. The van der Waals surface area contributed by atoms with Crippen LogP contribution >= 0.6 is 0 Å². The van der Waals surface area contributed by atoms with E-state index in [2.05, 4.69) is 4.85 Å². The zero-order valence-corrected chi connectivity index (χ0v) is 10.8. The van der Waals surface area contributed by atoms with Crippen LogP contribution in [-0.4, -0.2) is 0 Å². The van der Waals surface area contributed by atoms with Crippen molar-refractivity contribution < 1.29 is 26.3 Å². The first-order valence-corrected chi connectivity index (χ1v) is 5.90. The second kappa shape index (κ2) is 5.37. The Balaban J connectivity index is 2.69. The van der Waals surface area contributed by atoms with E-state index in [0.29, 0.717) is 6.07 Å². The van der Waals surface area contributed by atoms with E-state index in [-0.39, 0.29) is 11.1 Å². The second-order valence-corrected chi connectivity index (χ2v) is 4.38. The van der Waals surface area contributed by atoms with Gasteiger partial charge in [0.25, 0.3) is 0 Å². The summed E-state index contributed by atoms with van der Waals surface area (Å²) in [5.74, 6) is 0. The van der Waals surface area contributed by atoms with Crippen molar-refractivity contribution in [1.82, 2.24) is 0 Å². The van der Waals surface area contributed by atoms with Gasteiger partial charge in [-0.2, -0.15) is 26.3 Å². The fourth-order valence-electron chi connectivity index (χ4n) is 2.01. The van der Waals surface area contributed by atoms with E-state index in [0.717, 1.165) is 30.3 Å². The molecule has 0 aliphatic carbocycles. The minimum absolute atomic E-state index is 0.243. The third-order valence-electron chi connectivity index (χ3n) is 2.97. The van der Waals surface area contributed by atoms with Gasteiger partial charge in [-0.05, 0) is 17.2 Å². The summed E-state index contributed by atoms with van der Waals surface area (Å²) in [7, 11) is 0. The quantitative estimate of drug-likeness (QED) is 0.453. The second-order valence-electron chi connectivity index (χ2n) is 4.38. The summed E-state index contributed by atoms with van der Waals surface area (Å²) in [5.41, 5.74) is -3.54. The van der Waals surface area contributed by atoms with Crippen molar-refractivity contribution in [3.05, 3.63) is 65.0 Å². The van der Waals surface area contributed by atoms with Crippen molar-refractivity contribution in [3.63, 3.8) is 0 Å². The molecular weight excluding hydrogens is 308 g/mol. The maximum Gasteiger partial charge on any atom is 0.417 e. The molecular formula is C15H7F6N. The average molecular weight is 315 g/mol. The molecule has 2 aromatic carbocycles. The molecule has 0 saturated heterocycles. The van der Waals surface area contributed by atoms with Crippen LogP contribution in [0, 0.1) is 6.57 Å². The molecule has 0 aromatic heterocycles. The van der Waals surface area contributed by atoms with Crippen molar-refractivity contribution in [2.75, 3.05) is 0 Å². The zero-order chi connectivity index (χ0) is 16.5. The van der Waals surface area contributed by atoms with Crippen LogP contribution in [0.5, 0.6) is 0 Å². The van der Waals surface area contributed by atoms with Gasteiger partial charge >= 0.3 is 12.4 Å². The van der Waals surface area contributed by atoms with Gasteiger partial charge in [-0.25, -0.2) is 4.85 Å². The summed E-state index contributed by atoms with van der Waals surface area (Å²) in [5, 5.41) is 0. The fourth-order valence-corrected chi connectivity index (χ4v) is 2.01. The van der Waals surface area contributed by atoms with E-state index in [1.807, 2.05) is 0 Å². The van der Waals surface area contributed by atoms with E-state index in [9.17, 15) is 26.3 Å². The lowest BCUT2D eigenvalue weighted by Crippen LogP contribution is -2.08. The molecule has 0 saturated carbocycles. The predicted octanol–water partition coefficient (Wildman–Crippen LogP) is 5.94. The zero-order valence-electron chi connectivity index (χ0n) is 10.8. The van der Waals surface area contributed by atoms with Crippen molar-refractivity contribution in [3.8, 4) is 11.1 Å². The molecule has 0 N–H and O–H groups in total. The van der Waals surface area contributed by atoms with Gasteiger partial charge in [0, 0.05) is 0 Å². The molecule has 22 heavy (non-hydrogen) atoms. The van der Waals surface area contributed by atoms with Gasteiger partial charge in [-0.15, -0.1) is 0 Å². The Hall–Kier alpha value is -2.49. The van der Waals surface area contributed by atoms with Crippen molar-refractivity contribution in [2.24, 2.45) is 0 Å². The summed E-state index contributed by atoms with van der Waals surface area (Å²) in [4.78, 5) is 2.75. The highest BCUT2D eigenvalue weighted by molar-refractivity contribution is 5.72. The molecule has 2 aromatic rings. The third kappa shape index (κ3) is 3.06. The summed E-state index contributed by atoms with van der Waals surface area (Å²) < 4.78 is 77.5. The van der Waals surface area contributed by atoms with Gasteiger partial charge in [-0.3, -0.25) is 0 Å². The number of hydrogen-bond donors (Lipinski definition) is 0. The van der Waals surface area contributed by atoms with Crippen LogP contribution in [0.1, 0.15) is 11.1 Å². The summed E-state index contributed by atoms with van der Waals surface area (Å²) in [6.07, 6.45) is -9.50. The topological polar surface area (TPSA) is 4.36 Å².